The topological polar surface area (TPSA) is 79.0 Å². The van der Waals surface area contributed by atoms with E-state index in [1.807, 2.05) is 0 Å². The summed E-state index contributed by atoms with van der Waals surface area (Å²) in [4.78, 5) is 37.3. The van der Waals surface area contributed by atoms with Crippen LogP contribution in [-0.2, 0) is 14.3 Å². The van der Waals surface area contributed by atoms with Crippen molar-refractivity contribution in [2.24, 2.45) is 0 Å². The third-order valence-corrected chi connectivity index (χ3v) is 4.36. The number of rotatable bonds is 4. The van der Waals surface area contributed by atoms with Gasteiger partial charge in [0.1, 0.15) is 11.9 Å². The molecule has 2 aliphatic heterocycles. The molecule has 9 heteroatoms. The van der Waals surface area contributed by atoms with Crippen LogP contribution < -0.4 is 15.1 Å². The van der Waals surface area contributed by atoms with Crippen molar-refractivity contribution in [2.45, 2.75) is 24.8 Å². The fourth-order valence-electron chi connectivity index (χ4n) is 2.88. The van der Waals surface area contributed by atoms with Gasteiger partial charge in [-0.1, -0.05) is 0 Å². The molecule has 2 heterocycles. The standard InChI is InChI=1S/C16H17ClFN3O4/c1-9(22)19-6-12-8-20(16(24)25-12)11-2-3-14(13(18)5-11)21-7-10(17)4-15(21)23/h2-3,5,10,12H,4,6-8H2,1H3,(H,19,22)/t10?,12-/m0/s1. The molecule has 2 aliphatic rings. The van der Waals surface area contributed by atoms with E-state index in [1.165, 1.54) is 28.9 Å². The number of ether oxygens (including phenoxy) is 1. The SMILES string of the molecule is CC(=O)NC[C@H]1CN(c2ccc(N3CC(Cl)CC3=O)c(F)c2)C(=O)O1. The summed E-state index contributed by atoms with van der Waals surface area (Å²) in [6.45, 7) is 2.01. The smallest absolute Gasteiger partial charge is 0.414 e. The number of hydrogen-bond acceptors (Lipinski definition) is 4. The van der Waals surface area contributed by atoms with Crippen LogP contribution in [0.3, 0.4) is 0 Å². The van der Waals surface area contributed by atoms with Gasteiger partial charge in [-0.25, -0.2) is 9.18 Å². The lowest BCUT2D eigenvalue weighted by atomic mass is 10.2. The highest BCUT2D eigenvalue weighted by Gasteiger charge is 2.34. The van der Waals surface area contributed by atoms with Crippen molar-refractivity contribution in [1.29, 1.82) is 0 Å². The highest BCUT2D eigenvalue weighted by molar-refractivity contribution is 6.24. The number of halogens is 2. The number of cyclic esters (lactones) is 1. The Balaban J connectivity index is 1.73. The number of hydrogen-bond donors (Lipinski definition) is 1. The van der Waals surface area contributed by atoms with E-state index >= 15 is 0 Å². The summed E-state index contributed by atoms with van der Waals surface area (Å²) in [6, 6.07) is 4.19. The summed E-state index contributed by atoms with van der Waals surface area (Å²) in [7, 11) is 0. The lowest BCUT2D eigenvalue weighted by Gasteiger charge is -2.19. The minimum Gasteiger partial charge on any atom is -0.442 e. The molecule has 0 bridgehead atoms. The number of carbonyl (C=O) groups is 3. The van der Waals surface area contributed by atoms with E-state index in [0.717, 1.165) is 0 Å². The van der Waals surface area contributed by atoms with Gasteiger partial charge in [-0.05, 0) is 18.2 Å². The minimum atomic E-state index is -0.616. The Hall–Kier alpha value is -2.35. The molecule has 2 saturated heterocycles. The highest BCUT2D eigenvalue weighted by Crippen LogP contribution is 2.31. The molecule has 3 rings (SSSR count). The van der Waals surface area contributed by atoms with Crippen LogP contribution in [0.5, 0.6) is 0 Å². The summed E-state index contributed by atoms with van der Waals surface area (Å²) in [5.74, 6) is -1.07. The molecule has 1 aromatic carbocycles. The molecule has 1 unspecified atom stereocenters. The maximum atomic E-state index is 14.5. The van der Waals surface area contributed by atoms with Crippen LogP contribution in [0, 0.1) is 5.82 Å². The second kappa shape index (κ2) is 6.87. The molecule has 3 amide bonds. The molecule has 134 valence electrons. The number of nitrogens with one attached hydrogen (secondary N) is 1. The monoisotopic (exact) mass is 369 g/mol. The Morgan fingerprint density at radius 1 is 1.36 bits per heavy atom. The highest BCUT2D eigenvalue weighted by atomic mass is 35.5. The number of amides is 3. The van der Waals surface area contributed by atoms with Crippen LogP contribution >= 0.6 is 11.6 Å². The third kappa shape index (κ3) is 3.68. The van der Waals surface area contributed by atoms with E-state index < -0.39 is 18.0 Å². The molecular formula is C16H17ClFN3O4. The molecule has 1 aromatic rings. The van der Waals surface area contributed by atoms with Gasteiger partial charge in [0.05, 0.1) is 29.8 Å². The molecule has 0 radical (unpaired) electrons. The van der Waals surface area contributed by atoms with Crippen LogP contribution in [-0.4, -0.2) is 49.0 Å². The zero-order chi connectivity index (χ0) is 18.1. The zero-order valence-corrected chi connectivity index (χ0v) is 14.3. The van der Waals surface area contributed by atoms with Crippen LogP contribution in [0.15, 0.2) is 18.2 Å². The Morgan fingerprint density at radius 2 is 2.12 bits per heavy atom. The molecule has 2 fully saturated rings. The maximum absolute atomic E-state index is 14.5. The number of nitrogens with zero attached hydrogens (tertiary/aromatic N) is 2. The van der Waals surface area contributed by atoms with Gasteiger partial charge >= 0.3 is 6.09 Å². The Morgan fingerprint density at radius 3 is 2.72 bits per heavy atom. The summed E-state index contributed by atoms with van der Waals surface area (Å²) in [5, 5.41) is 2.23. The first-order valence-electron chi connectivity index (χ1n) is 7.81. The summed E-state index contributed by atoms with van der Waals surface area (Å²) >= 11 is 5.94. The van der Waals surface area contributed by atoms with Crippen LogP contribution in [0.2, 0.25) is 0 Å². The van der Waals surface area contributed by atoms with E-state index in [2.05, 4.69) is 5.32 Å². The summed E-state index contributed by atoms with van der Waals surface area (Å²) in [6.07, 6.45) is -0.941. The number of benzene rings is 1. The van der Waals surface area contributed by atoms with E-state index in [-0.39, 0.29) is 48.9 Å². The molecule has 1 N–H and O–H groups in total. The van der Waals surface area contributed by atoms with E-state index in [4.69, 9.17) is 16.3 Å². The van der Waals surface area contributed by atoms with Crippen molar-refractivity contribution in [2.75, 3.05) is 29.4 Å². The lowest BCUT2D eigenvalue weighted by molar-refractivity contribution is -0.119. The van der Waals surface area contributed by atoms with Gasteiger partial charge in [0, 0.05) is 19.9 Å². The van der Waals surface area contributed by atoms with Crippen LogP contribution in [0.4, 0.5) is 20.6 Å². The lowest BCUT2D eigenvalue weighted by Crippen LogP contribution is -2.33. The first-order valence-corrected chi connectivity index (χ1v) is 8.25. The number of alkyl halides is 1. The normalized spacial score (nSPS) is 23.2. The summed E-state index contributed by atoms with van der Waals surface area (Å²) < 4.78 is 19.6. The summed E-state index contributed by atoms with van der Waals surface area (Å²) in [5.41, 5.74) is 0.463. The van der Waals surface area contributed by atoms with Gasteiger partial charge in [0.25, 0.3) is 0 Å². The van der Waals surface area contributed by atoms with E-state index in [1.54, 1.807) is 6.07 Å². The van der Waals surface area contributed by atoms with Crippen LogP contribution in [0.1, 0.15) is 13.3 Å². The fraction of sp³-hybridized carbons (Fsp3) is 0.438. The van der Waals surface area contributed by atoms with Crippen molar-refractivity contribution < 1.29 is 23.5 Å². The second-order valence-corrected chi connectivity index (χ2v) is 6.61. The molecule has 0 saturated carbocycles. The number of carbonyl (C=O) groups excluding carboxylic acids is 3. The van der Waals surface area contributed by atoms with Gasteiger partial charge in [-0.15, -0.1) is 11.6 Å². The zero-order valence-electron chi connectivity index (χ0n) is 13.5. The quantitative estimate of drug-likeness (QED) is 0.818. The second-order valence-electron chi connectivity index (χ2n) is 5.99. The average molecular weight is 370 g/mol. The van der Waals surface area contributed by atoms with Crippen molar-refractivity contribution in [3.8, 4) is 0 Å². The molecule has 7 nitrogen and oxygen atoms in total. The van der Waals surface area contributed by atoms with Gasteiger partial charge in [-0.2, -0.15) is 0 Å². The van der Waals surface area contributed by atoms with E-state index in [0.29, 0.717) is 5.69 Å². The first kappa shape index (κ1) is 17.5. The predicted octanol–water partition coefficient (Wildman–Crippen LogP) is 1.63. The third-order valence-electron chi connectivity index (χ3n) is 4.06. The Kier molecular flexibility index (Phi) is 4.80. The van der Waals surface area contributed by atoms with Crippen LogP contribution in [0.25, 0.3) is 0 Å². The number of anilines is 2. The van der Waals surface area contributed by atoms with E-state index in [9.17, 15) is 18.8 Å². The molecular weight excluding hydrogens is 353 g/mol. The molecule has 0 aliphatic carbocycles. The fourth-order valence-corrected chi connectivity index (χ4v) is 3.15. The largest absolute Gasteiger partial charge is 0.442 e. The molecule has 0 aromatic heterocycles. The Labute approximate surface area is 148 Å². The molecule has 25 heavy (non-hydrogen) atoms. The Bertz CT molecular complexity index is 729. The van der Waals surface area contributed by atoms with Gasteiger partial charge in [-0.3, -0.25) is 14.5 Å². The van der Waals surface area contributed by atoms with Crippen molar-refractivity contribution in [3.63, 3.8) is 0 Å². The van der Waals surface area contributed by atoms with Gasteiger partial charge in [0.15, 0.2) is 0 Å². The molecule has 0 spiro atoms. The predicted molar refractivity (Wildman–Crippen MR) is 89.3 cm³/mol. The van der Waals surface area contributed by atoms with Crippen molar-refractivity contribution >= 4 is 40.9 Å². The van der Waals surface area contributed by atoms with Gasteiger partial charge in [0.2, 0.25) is 11.8 Å². The minimum absolute atomic E-state index is 0.138. The molecule has 2 atom stereocenters. The maximum Gasteiger partial charge on any atom is 0.414 e. The van der Waals surface area contributed by atoms with Crippen molar-refractivity contribution in [3.05, 3.63) is 24.0 Å². The van der Waals surface area contributed by atoms with Crippen molar-refractivity contribution in [1.82, 2.24) is 5.32 Å². The average Bonchev–Trinajstić information content (AvgIpc) is 3.07. The van der Waals surface area contributed by atoms with Gasteiger partial charge < -0.3 is 15.0 Å². The first-order chi connectivity index (χ1) is 11.8.